The van der Waals surface area contributed by atoms with Crippen LogP contribution in [0.1, 0.15) is 81.1 Å². The quantitative estimate of drug-likeness (QED) is 0.0717. The van der Waals surface area contributed by atoms with Gasteiger partial charge in [0.05, 0.1) is 63.8 Å². The van der Waals surface area contributed by atoms with Gasteiger partial charge in [-0.05, 0) is 74.9 Å². The third-order valence-electron chi connectivity index (χ3n) is 13.7. The third kappa shape index (κ3) is 36.8. The Morgan fingerprint density at radius 2 is 0.448 bits per heavy atom. The minimum absolute atomic E-state index is 0. The Balaban J connectivity index is 0.00000137. The number of benzene rings is 4. The first kappa shape index (κ1) is 100.0. The molecule has 0 N–H and O–H groups in total. The molecule has 0 saturated heterocycles. The molecule has 8 bridgehead atoms. The fraction of sp³-hybridized carbons (Fsp3) is 0.278. The second-order valence-corrected chi connectivity index (χ2v) is 27.6. The summed E-state index contributed by atoms with van der Waals surface area (Å²) in [6.45, 7) is 19.3. The van der Waals surface area contributed by atoms with Crippen LogP contribution in [-0.4, -0.2) is 105 Å². The van der Waals surface area contributed by atoms with Crippen molar-refractivity contribution >= 4 is 84.6 Å². The monoisotopic (exact) mass is 1590 g/mol. The van der Waals surface area contributed by atoms with Gasteiger partial charge < -0.3 is 48.1 Å². The maximum Gasteiger partial charge on any atom is 2.00 e. The zero-order valence-corrected chi connectivity index (χ0v) is 73.7. The van der Waals surface area contributed by atoms with E-state index in [4.69, 9.17) is 39.9 Å². The fourth-order valence-electron chi connectivity index (χ4n) is 9.04. The summed E-state index contributed by atoms with van der Waals surface area (Å²) in [6, 6.07) is 56.2. The van der Waals surface area contributed by atoms with E-state index in [1.807, 2.05) is 170 Å². The largest absolute Gasteiger partial charge is 2.00 e. The number of aromatic nitrogens is 12. The molecule has 0 fully saturated rings. The number of aryl methyl sites for hydroxylation is 4. The molecule has 0 atom stereocenters. The molecule has 0 aliphatic carbocycles. The standard InChI is InChI=1S/C32H16N8.4C7H10N.4C3H8O3S.Cu.4Na/c1-2-10-18-17(9-1)25-33-26(18)38-28-21-13-5-6-14-22(21)30(35-28)40-32-24-16-8-7-15-23(24)31(36-32)39-29-20-12-4-3-11-19(20)27(34-29)37-25;4*1-2-8-6-4-3-5-7-8;4*1-2-3-7(4,5)6;;;;;/h1-16H;4*3-7H,2H2,1H3;4*2-3H2,1H3,(H,4,5,6);;;;;/q-2;4*+1;;;;;+2;4*+1/p-4. The molecule has 24 nitrogen and oxygen atoms in total. The van der Waals surface area contributed by atoms with Crippen LogP contribution in [-0.2, 0) is 83.7 Å². The van der Waals surface area contributed by atoms with Gasteiger partial charge in [0.1, 0.15) is 26.2 Å². The topological polar surface area (TPSA) is 350 Å². The van der Waals surface area contributed by atoms with Crippen molar-refractivity contribution in [3.8, 4) is 45.6 Å². The Labute approximate surface area is 716 Å². The van der Waals surface area contributed by atoms with E-state index in [1.54, 1.807) is 27.7 Å². The Hall–Kier alpha value is -5.00. The van der Waals surface area contributed by atoms with Gasteiger partial charge in [-0.15, -0.1) is 0 Å². The summed E-state index contributed by atoms with van der Waals surface area (Å²) in [5.74, 6) is 1.24. The molecule has 1 radical (unpaired) electrons. The van der Waals surface area contributed by atoms with Crippen molar-refractivity contribution in [1.29, 1.82) is 0 Å². The van der Waals surface area contributed by atoms with E-state index in [2.05, 4.69) is 95.5 Å². The molecule has 13 rings (SSSR count). The summed E-state index contributed by atoms with van der Waals surface area (Å²) >= 11 is 0. The number of hydrogen-bond acceptors (Lipinski definition) is 18. The van der Waals surface area contributed by atoms with Crippen LogP contribution in [0.2, 0.25) is 0 Å². The second kappa shape index (κ2) is 52.2. The molecule has 0 amide bonds. The zero-order valence-electron chi connectivity index (χ0n) is 61.5. The van der Waals surface area contributed by atoms with Crippen LogP contribution in [0, 0.1) is 0 Å². The van der Waals surface area contributed by atoms with Crippen LogP contribution in [0.15, 0.2) is 219 Å². The van der Waals surface area contributed by atoms with Crippen molar-refractivity contribution in [2.75, 3.05) is 23.0 Å². The van der Waals surface area contributed by atoms with Crippen LogP contribution in [0.25, 0.3) is 89.7 Å². The Morgan fingerprint density at radius 3 is 0.581 bits per heavy atom. The Bertz CT molecular complexity index is 4390. The molecular weight excluding hydrogens is 1510 g/mol. The molecule has 2 aliphatic rings. The molecule has 7 aromatic heterocycles. The molecule has 0 saturated carbocycles. The molecular formula is C72H84CuN12Na4O12S4+4. The van der Waals surface area contributed by atoms with Gasteiger partial charge >= 0.3 is 135 Å². The van der Waals surface area contributed by atoms with Crippen molar-refractivity contribution in [2.24, 2.45) is 0 Å². The molecule has 2 aliphatic heterocycles. The Kier molecular flexibility index (Phi) is 49.7. The van der Waals surface area contributed by atoms with E-state index in [-0.39, 0.29) is 158 Å². The third-order valence-corrected chi connectivity index (χ3v) is 17.3. The normalized spacial score (nSPS) is 10.5. The van der Waals surface area contributed by atoms with Crippen LogP contribution in [0.5, 0.6) is 0 Å². The van der Waals surface area contributed by atoms with E-state index >= 15 is 0 Å². The zero-order chi connectivity index (χ0) is 73.1. The number of fused-ring (bicyclic) bond motifs is 20. The first-order valence-electron chi connectivity index (χ1n) is 32.4. The van der Waals surface area contributed by atoms with Crippen molar-refractivity contribution < 1.29 is 205 Å². The van der Waals surface area contributed by atoms with E-state index in [1.165, 1.54) is 0 Å². The summed E-state index contributed by atoms with van der Waals surface area (Å²) in [5.41, 5.74) is 5.78. The van der Waals surface area contributed by atoms with Crippen molar-refractivity contribution in [2.45, 2.75) is 107 Å². The Morgan fingerprint density at radius 1 is 0.276 bits per heavy atom. The maximum absolute atomic E-state index is 9.68. The van der Waals surface area contributed by atoms with Crippen LogP contribution in [0.3, 0.4) is 0 Å². The predicted octanol–water partition coefficient (Wildman–Crippen LogP) is -2.12. The fourth-order valence-corrected chi connectivity index (χ4v) is 11.0. The first-order valence-corrected chi connectivity index (χ1v) is 38.7. The van der Waals surface area contributed by atoms with Gasteiger partial charge in [-0.25, -0.2) is 61.9 Å². The molecule has 9 heterocycles. The van der Waals surface area contributed by atoms with E-state index < -0.39 is 40.5 Å². The summed E-state index contributed by atoms with van der Waals surface area (Å²) in [4.78, 5) is 39.3. The number of nitrogens with zero attached hydrogens (tertiary/aromatic N) is 12. The average Bonchev–Trinajstić information content (AvgIpc) is 1.59. The summed E-state index contributed by atoms with van der Waals surface area (Å²) < 4.78 is 125. The summed E-state index contributed by atoms with van der Waals surface area (Å²) in [6.07, 6.45) is 18.1. The molecule has 105 heavy (non-hydrogen) atoms. The number of pyridine rings is 4. The van der Waals surface area contributed by atoms with E-state index in [0.29, 0.717) is 71.6 Å². The van der Waals surface area contributed by atoms with Crippen molar-refractivity contribution in [3.05, 3.63) is 219 Å². The molecule has 11 aromatic rings. The van der Waals surface area contributed by atoms with Gasteiger partial charge in [-0.1, -0.05) is 149 Å². The van der Waals surface area contributed by atoms with Gasteiger partial charge in [-0.3, -0.25) is 0 Å². The van der Waals surface area contributed by atoms with E-state index in [0.717, 1.165) is 70.0 Å². The van der Waals surface area contributed by atoms with Gasteiger partial charge in [0, 0.05) is 116 Å². The molecule has 0 unspecified atom stereocenters. The minimum Gasteiger partial charge on any atom is -0.748 e. The van der Waals surface area contributed by atoms with Crippen molar-refractivity contribution in [3.63, 3.8) is 0 Å². The van der Waals surface area contributed by atoms with Crippen molar-refractivity contribution in [1.82, 2.24) is 39.9 Å². The second-order valence-electron chi connectivity index (χ2n) is 21.5. The predicted molar refractivity (Wildman–Crippen MR) is 383 cm³/mol. The molecule has 4 aromatic carbocycles. The van der Waals surface area contributed by atoms with Crippen LogP contribution < -0.4 is 146 Å². The molecule has 0 spiro atoms. The van der Waals surface area contributed by atoms with E-state index in [9.17, 15) is 51.9 Å². The van der Waals surface area contributed by atoms with Gasteiger partial charge in [0.2, 0.25) is 0 Å². The first-order chi connectivity index (χ1) is 47.8. The number of hydrogen-bond donors (Lipinski definition) is 0. The maximum atomic E-state index is 9.68. The van der Waals surface area contributed by atoms with Gasteiger partial charge in [-0.2, -0.15) is 0 Å². The molecule has 33 heteroatoms. The molecule has 539 valence electrons. The SMILES string of the molecule is CCCS(=O)(=O)[O-].CCCS(=O)(=O)[O-].CCCS(=O)(=O)[O-].CCCS(=O)(=O)[O-].CC[n+]1ccccc1.CC[n+]1ccccc1.CC[n+]1ccccc1.CC[n+]1ccccc1.[Cu+2].[Na+].[Na+].[Na+].[Na+].c1ccc2c(c1)-c1nc-2nc2[n-]c(nc3nc(nc4[n-]c(n1)c1ccccc41)-c1ccccc1-3)c1ccccc21. The average molecular weight is 1590 g/mol. The van der Waals surface area contributed by atoms with Crippen LogP contribution >= 0.6 is 0 Å². The van der Waals surface area contributed by atoms with Gasteiger partial charge in [0.25, 0.3) is 0 Å². The van der Waals surface area contributed by atoms with Gasteiger partial charge in [0.15, 0.2) is 49.6 Å². The van der Waals surface area contributed by atoms with Crippen LogP contribution in [0.4, 0.5) is 0 Å². The number of rotatable bonds is 12. The summed E-state index contributed by atoms with van der Waals surface area (Å²) in [7, 11) is -15.7. The smallest absolute Gasteiger partial charge is 0.748 e. The minimum atomic E-state index is -3.92. The summed E-state index contributed by atoms with van der Waals surface area (Å²) in [5, 5.41) is 3.57.